The second-order valence-corrected chi connectivity index (χ2v) is 10.1. The Morgan fingerprint density at radius 1 is 1.08 bits per heavy atom. The first-order valence-electron chi connectivity index (χ1n) is 9.37. The summed E-state index contributed by atoms with van der Waals surface area (Å²) in [5, 5.41) is 0.633. The van der Waals surface area contributed by atoms with Gasteiger partial charge < -0.3 is 4.90 Å². The van der Waals surface area contributed by atoms with E-state index in [1.165, 1.54) is 25.9 Å². The van der Waals surface area contributed by atoms with E-state index in [9.17, 15) is 8.42 Å². The van der Waals surface area contributed by atoms with E-state index in [4.69, 9.17) is 11.6 Å². The Kier molecular flexibility index (Phi) is 6.42. The highest BCUT2D eigenvalue weighted by Gasteiger charge is 2.29. The Balaban J connectivity index is 1.50. The molecule has 2 aliphatic rings. The van der Waals surface area contributed by atoms with Gasteiger partial charge in [-0.25, -0.2) is 12.7 Å². The van der Waals surface area contributed by atoms with Crippen molar-refractivity contribution in [2.24, 2.45) is 11.8 Å². The summed E-state index contributed by atoms with van der Waals surface area (Å²) in [7, 11) is -3.24. The lowest BCUT2D eigenvalue weighted by atomic mass is 9.94. The topological polar surface area (TPSA) is 40.6 Å². The lowest BCUT2D eigenvalue weighted by Gasteiger charge is -2.37. The zero-order valence-corrected chi connectivity index (χ0v) is 16.6. The molecule has 0 spiro atoms. The van der Waals surface area contributed by atoms with E-state index in [1.54, 1.807) is 28.6 Å². The van der Waals surface area contributed by atoms with Crippen LogP contribution in [0, 0.1) is 11.8 Å². The first kappa shape index (κ1) is 19.2. The van der Waals surface area contributed by atoms with Crippen molar-refractivity contribution >= 4 is 21.6 Å². The van der Waals surface area contributed by atoms with Gasteiger partial charge in [-0.15, -0.1) is 0 Å². The average molecular weight is 385 g/mol. The SMILES string of the molecule is C[C@@H]1CCCN(CC2CCN(S(=O)(=O)Cc3ccc(Cl)cc3)CC2)C1. The first-order chi connectivity index (χ1) is 11.9. The third-order valence-corrected chi connectivity index (χ3v) is 7.59. The fourth-order valence-corrected chi connectivity index (χ4v) is 5.76. The van der Waals surface area contributed by atoms with Gasteiger partial charge in [0.05, 0.1) is 5.75 Å². The molecule has 2 heterocycles. The molecule has 0 unspecified atom stereocenters. The Morgan fingerprint density at radius 3 is 2.40 bits per heavy atom. The minimum Gasteiger partial charge on any atom is -0.303 e. The molecule has 0 aromatic heterocycles. The monoisotopic (exact) mass is 384 g/mol. The summed E-state index contributed by atoms with van der Waals surface area (Å²) >= 11 is 5.87. The summed E-state index contributed by atoms with van der Waals surface area (Å²) in [4.78, 5) is 2.58. The lowest BCUT2D eigenvalue weighted by Crippen LogP contribution is -2.43. The van der Waals surface area contributed by atoms with E-state index in [-0.39, 0.29) is 5.75 Å². The van der Waals surface area contributed by atoms with Crippen LogP contribution in [0.3, 0.4) is 0 Å². The van der Waals surface area contributed by atoms with E-state index >= 15 is 0 Å². The lowest BCUT2D eigenvalue weighted by molar-refractivity contribution is 0.136. The van der Waals surface area contributed by atoms with Gasteiger partial charge in [0.25, 0.3) is 0 Å². The fourth-order valence-electron chi connectivity index (χ4n) is 4.07. The van der Waals surface area contributed by atoms with Gasteiger partial charge in [-0.3, -0.25) is 0 Å². The zero-order chi connectivity index (χ0) is 17.9. The smallest absolute Gasteiger partial charge is 0.218 e. The Morgan fingerprint density at radius 2 is 1.76 bits per heavy atom. The van der Waals surface area contributed by atoms with Crippen molar-refractivity contribution in [2.45, 2.75) is 38.4 Å². The number of hydrogen-bond acceptors (Lipinski definition) is 3. The van der Waals surface area contributed by atoms with Crippen molar-refractivity contribution in [3.05, 3.63) is 34.9 Å². The number of benzene rings is 1. The van der Waals surface area contributed by atoms with Crippen molar-refractivity contribution in [3.63, 3.8) is 0 Å². The van der Waals surface area contributed by atoms with Crippen LogP contribution in [0.5, 0.6) is 0 Å². The largest absolute Gasteiger partial charge is 0.303 e. The maximum atomic E-state index is 12.7. The molecule has 140 valence electrons. The molecule has 1 aromatic rings. The van der Waals surface area contributed by atoms with E-state index in [2.05, 4.69) is 11.8 Å². The quantitative estimate of drug-likeness (QED) is 0.778. The molecule has 0 aliphatic carbocycles. The number of rotatable bonds is 5. The molecular weight excluding hydrogens is 356 g/mol. The van der Waals surface area contributed by atoms with Crippen LogP contribution in [0.4, 0.5) is 0 Å². The molecule has 2 fully saturated rings. The van der Waals surface area contributed by atoms with Gasteiger partial charge in [0, 0.05) is 31.2 Å². The highest BCUT2D eigenvalue weighted by Crippen LogP contribution is 2.25. The third kappa shape index (κ3) is 5.43. The molecule has 3 rings (SSSR count). The number of halogens is 1. The molecule has 4 nitrogen and oxygen atoms in total. The van der Waals surface area contributed by atoms with Gasteiger partial charge in [-0.05, 0) is 61.8 Å². The predicted octanol–water partition coefficient (Wildman–Crippen LogP) is 3.61. The van der Waals surface area contributed by atoms with Gasteiger partial charge >= 0.3 is 0 Å². The van der Waals surface area contributed by atoms with Crippen molar-refractivity contribution in [2.75, 3.05) is 32.7 Å². The van der Waals surface area contributed by atoms with Crippen LogP contribution < -0.4 is 0 Å². The summed E-state index contributed by atoms with van der Waals surface area (Å²) in [6.45, 7) is 7.19. The van der Waals surface area contributed by atoms with Crippen LogP contribution in [0.1, 0.15) is 38.2 Å². The normalized spacial score (nSPS) is 24.5. The second-order valence-electron chi connectivity index (χ2n) is 7.73. The summed E-state index contributed by atoms with van der Waals surface area (Å²) in [6.07, 6.45) is 4.60. The van der Waals surface area contributed by atoms with Crippen LogP contribution in [-0.4, -0.2) is 50.3 Å². The molecule has 6 heteroatoms. The number of likely N-dealkylation sites (tertiary alicyclic amines) is 1. The molecule has 2 saturated heterocycles. The third-order valence-electron chi connectivity index (χ3n) is 5.49. The number of nitrogens with zero attached hydrogens (tertiary/aromatic N) is 2. The summed E-state index contributed by atoms with van der Waals surface area (Å²) in [5.74, 6) is 1.50. The molecule has 25 heavy (non-hydrogen) atoms. The molecule has 0 saturated carbocycles. The van der Waals surface area contributed by atoms with Crippen LogP contribution in [-0.2, 0) is 15.8 Å². The van der Waals surface area contributed by atoms with Crippen molar-refractivity contribution in [3.8, 4) is 0 Å². The number of sulfonamides is 1. The van der Waals surface area contributed by atoms with Crippen LogP contribution >= 0.6 is 11.6 Å². The van der Waals surface area contributed by atoms with E-state index in [0.29, 0.717) is 24.0 Å². The number of piperidine rings is 2. The first-order valence-corrected chi connectivity index (χ1v) is 11.4. The van der Waals surface area contributed by atoms with Gasteiger partial charge in [-0.1, -0.05) is 30.7 Å². The van der Waals surface area contributed by atoms with Crippen LogP contribution in [0.25, 0.3) is 0 Å². The van der Waals surface area contributed by atoms with Crippen LogP contribution in [0.2, 0.25) is 5.02 Å². The van der Waals surface area contributed by atoms with E-state index < -0.39 is 10.0 Å². The highest BCUT2D eigenvalue weighted by molar-refractivity contribution is 7.88. The van der Waals surface area contributed by atoms with Gasteiger partial charge in [0.2, 0.25) is 10.0 Å². The predicted molar refractivity (Wildman–Crippen MR) is 103 cm³/mol. The van der Waals surface area contributed by atoms with Crippen LogP contribution in [0.15, 0.2) is 24.3 Å². The van der Waals surface area contributed by atoms with Gasteiger partial charge in [0.15, 0.2) is 0 Å². The molecule has 0 radical (unpaired) electrons. The summed E-state index contributed by atoms with van der Waals surface area (Å²) in [5.41, 5.74) is 0.800. The fraction of sp³-hybridized carbons (Fsp3) is 0.684. The molecule has 1 aromatic carbocycles. The molecule has 0 bridgehead atoms. The van der Waals surface area contributed by atoms with Gasteiger partial charge in [-0.2, -0.15) is 0 Å². The summed E-state index contributed by atoms with van der Waals surface area (Å²) in [6, 6.07) is 7.09. The number of hydrogen-bond donors (Lipinski definition) is 0. The molecule has 0 N–H and O–H groups in total. The van der Waals surface area contributed by atoms with Crippen molar-refractivity contribution in [1.82, 2.24) is 9.21 Å². The van der Waals surface area contributed by atoms with Crippen molar-refractivity contribution in [1.29, 1.82) is 0 Å². The zero-order valence-electron chi connectivity index (χ0n) is 15.0. The minimum atomic E-state index is -3.24. The van der Waals surface area contributed by atoms with E-state index in [0.717, 1.165) is 30.9 Å². The van der Waals surface area contributed by atoms with Crippen molar-refractivity contribution < 1.29 is 8.42 Å². The molecule has 0 amide bonds. The Bertz CT molecular complexity index is 655. The Hall–Kier alpha value is -0.620. The maximum absolute atomic E-state index is 12.7. The van der Waals surface area contributed by atoms with E-state index in [1.807, 2.05) is 0 Å². The molecular formula is C19H29ClN2O2S. The summed E-state index contributed by atoms with van der Waals surface area (Å²) < 4.78 is 27.0. The molecule has 2 aliphatic heterocycles. The maximum Gasteiger partial charge on any atom is 0.218 e. The van der Waals surface area contributed by atoms with Gasteiger partial charge in [0.1, 0.15) is 0 Å². The minimum absolute atomic E-state index is 0.0679. The standard InChI is InChI=1S/C19H29ClN2O2S/c1-16-3-2-10-21(13-16)14-17-8-11-22(12-9-17)25(23,24)15-18-4-6-19(20)7-5-18/h4-7,16-17H,2-3,8-15H2,1H3/t16-/m1/s1. The Labute approximate surface area is 157 Å². The highest BCUT2D eigenvalue weighted by atomic mass is 35.5. The molecule has 1 atom stereocenters. The average Bonchev–Trinajstić information content (AvgIpc) is 2.57. The second kappa shape index (κ2) is 8.38.